The second-order valence-corrected chi connectivity index (χ2v) is 11.6. The van der Waals surface area contributed by atoms with Gasteiger partial charge in [-0.3, -0.25) is 0 Å². The monoisotopic (exact) mass is 828 g/mol. The highest BCUT2D eigenvalue weighted by atomic mass is 79.9. The Morgan fingerprint density at radius 1 is 0.745 bits per heavy atom. The maximum absolute atomic E-state index is 11.8. The van der Waals surface area contributed by atoms with Gasteiger partial charge in [-0.2, -0.15) is 0 Å². The molecule has 4 aromatic rings. The maximum atomic E-state index is 11.8. The lowest BCUT2D eigenvalue weighted by Crippen LogP contribution is -2.30. The quantitative estimate of drug-likeness (QED) is 0.144. The van der Waals surface area contributed by atoms with Crippen molar-refractivity contribution in [2.24, 2.45) is 0 Å². The van der Waals surface area contributed by atoms with Gasteiger partial charge in [0.15, 0.2) is 21.7 Å². The molecule has 18 heteroatoms. The molecule has 47 heavy (non-hydrogen) atoms. The summed E-state index contributed by atoms with van der Waals surface area (Å²) >= 11 is 38.3. The van der Waals surface area contributed by atoms with Crippen molar-refractivity contribution < 1.29 is 29.1 Å². The Morgan fingerprint density at radius 2 is 1.21 bits per heavy atom. The van der Waals surface area contributed by atoms with Gasteiger partial charge >= 0.3 is 19.1 Å². The average Bonchev–Trinajstić information content (AvgIpc) is 2.99. The molecule has 2 heterocycles. The van der Waals surface area contributed by atoms with Gasteiger partial charge in [0.2, 0.25) is 0 Å². The van der Waals surface area contributed by atoms with Gasteiger partial charge in [0.25, 0.3) is 0 Å². The Bertz CT molecular complexity index is 1720. The lowest BCUT2D eigenvalue weighted by atomic mass is 9.80. The van der Waals surface area contributed by atoms with Crippen LogP contribution in [0.4, 0.5) is 0 Å². The normalized spacial score (nSPS) is 9.98. The van der Waals surface area contributed by atoms with Crippen molar-refractivity contribution in [2.45, 2.75) is 35.1 Å². The number of carbonyl (C=O) groups excluding carboxylic acids is 2. The molecule has 0 fully saturated rings. The molecule has 10 nitrogen and oxygen atoms in total. The van der Waals surface area contributed by atoms with Gasteiger partial charge in [-0.1, -0.05) is 101 Å². The van der Waals surface area contributed by atoms with E-state index in [2.05, 4.69) is 35.9 Å². The van der Waals surface area contributed by atoms with E-state index >= 15 is 0 Å². The largest absolute Gasteiger partial charge is 0.490 e. The molecule has 0 bridgehead atoms. The first-order valence-electron chi connectivity index (χ1n) is 13.0. The third-order valence-electron chi connectivity index (χ3n) is 5.40. The fourth-order valence-corrected chi connectivity index (χ4v) is 4.84. The number of ether oxygens (including phenoxy) is 2. The van der Waals surface area contributed by atoms with Crippen LogP contribution in [-0.4, -0.2) is 62.3 Å². The number of carbonyl (C=O) groups is 2. The molecule has 0 aliphatic carbocycles. The predicted octanol–water partition coefficient (Wildman–Crippen LogP) is 8.28. The molecular weight excluding hydrogens is 804 g/mol. The van der Waals surface area contributed by atoms with Crippen molar-refractivity contribution in [3.8, 4) is 11.3 Å². The summed E-state index contributed by atoms with van der Waals surface area (Å²) in [5.74, 6) is -1.19. The number of aryl methyl sites for hydroxylation is 2. The van der Waals surface area contributed by atoms with E-state index in [4.69, 9.17) is 89.1 Å². The van der Waals surface area contributed by atoms with Gasteiger partial charge in [-0.15, -0.1) is 0 Å². The van der Waals surface area contributed by atoms with E-state index < -0.39 is 19.1 Å². The molecule has 2 aromatic carbocycles. The van der Waals surface area contributed by atoms with Crippen LogP contribution in [0.15, 0.2) is 41.0 Å². The Hall–Kier alpha value is -2.26. The van der Waals surface area contributed by atoms with Crippen LogP contribution >= 0.6 is 85.5 Å². The molecule has 2 aromatic heterocycles. The van der Waals surface area contributed by atoms with E-state index in [1.54, 1.807) is 58.0 Å². The van der Waals surface area contributed by atoms with Crippen LogP contribution in [-0.2, 0) is 9.47 Å². The second kappa shape index (κ2) is 20.3. The fraction of sp³-hybridized carbons (Fsp3) is 0.241. The molecule has 0 aliphatic heterocycles. The molecule has 0 aliphatic rings. The van der Waals surface area contributed by atoms with E-state index in [0.29, 0.717) is 42.3 Å². The number of esters is 2. The summed E-state index contributed by atoms with van der Waals surface area (Å²) < 4.78 is 10.2. The van der Waals surface area contributed by atoms with Gasteiger partial charge in [-0.05, 0) is 55.8 Å². The summed E-state index contributed by atoms with van der Waals surface area (Å²) in [6.07, 6.45) is 0. The van der Waals surface area contributed by atoms with Gasteiger partial charge in [-0.25, -0.2) is 29.5 Å². The van der Waals surface area contributed by atoms with Crippen LogP contribution in [0.25, 0.3) is 11.3 Å². The first-order chi connectivity index (χ1) is 21.6. The van der Waals surface area contributed by atoms with Crippen molar-refractivity contribution in [3.05, 3.63) is 94.2 Å². The number of nitrogens with zero attached hydrogens (tertiary/aromatic N) is 4. The average molecular weight is 832 g/mol. The van der Waals surface area contributed by atoms with E-state index in [1.807, 2.05) is 0 Å². The van der Waals surface area contributed by atoms with Crippen LogP contribution in [0.3, 0.4) is 0 Å². The predicted molar refractivity (Wildman–Crippen MR) is 192 cm³/mol. The Balaban J connectivity index is 0.000000370. The number of rotatable bonds is 6. The molecular formula is C29H28BBrCl6N4O6. The molecule has 0 saturated heterocycles. The molecule has 0 spiro atoms. The van der Waals surface area contributed by atoms with Crippen LogP contribution in [0.5, 0.6) is 0 Å². The minimum atomic E-state index is -1.57. The third kappa shape index (κ3) is 12.0. The van der Waals surface area contributed by atoms with E-state index in [9.17, 15) is 9.59 Å². The highest BCUT2D eigenvalue weighted by molar-refractivity contribution is 9.10. The summed E-state index contributed by atoms with van der Waals surface area (Å²) in [5, 5.41) is 18.8. The fourth-order valence-electron chi connectivity index (χ4n) is 3.28. The standard InChI is InChI=1S/C14H11Cl3N2O2.C8H8BrClN2O2.C6H5BCl2O2.CH4/c1-3-21-14(20)12-13(17)18-7(2)11(19-12)8-5-4-6-9(15)10(8)16;1-3-14-8(13)5-7(10)11-4(2)6(9)12-5;8-5-3-1-2-4(6(5)9)7(10)11;/h4-6H,3H2,1-2H3;3H2,1-2H3;1-3,10-11H;1H4. The lowest BCUT2D eigenvalue weighted by molar-refractivity contribution is 0.0509. The van der Waals surface area contributed by atoms with Crippen LogP contribution in [0.1, 0.15) is 53.6 Å². The van der Waals surface area contributed by atoms with Gasteiger partial charge in [0, 0.05) is 11.0 Å². The van der Waals surface area contributed by atoms with Crippen LogP contribution < -0.4 is 5.46 Å². The molecule has 0 unspecified atom stereocenters. The molecule has 252 valence electrons. The smallest absolute Gasteiger partial charge is 0.461 e. The van der Waals surface area contributed by atoms with Crippen molar-refractivity contribution in [3.63, 3.8) is 0 Å². The molecule has 4 rings (SSSR count). The summed E-state index contributed by atoms with van der Waals surface area (Å²) in [6.45, 7) is 7.36. The molecule has 0 atom stereocenters. The summed E-state index contributed by atoms with van der Waals surface area (Å²) in [4.78, 5) is 39.4. The first-order valence-corrected chi connectivity index (χ1v) is 16.0. The van der Waals surface area contributed by atoms with Crippen molar-refractivity contribution >= 4 is 110 Å². The number of benzene rings is 2. The zero-order valence-electron chi connectivity index (χ0n) is 24.4. The summed E-state index contributed by atoms with van der Waals surface area (Å²) in [7, 11) is -1.57. The first kappa shape index (κ1) is 42.8. The summed E-state index contributed by atoms with van der Waals surface area (Å²) in [6, 6.07) is 9.83. The summed E-state index contributed by atoms with van der Waals surface area (Å²) in [5.41, 5.74) is 2.40. The maximum Gasteiger partial charge on any atom is 0.490 e. The van der Waals surface area contributed by atoms with Gasteiger partial charge in [0.05, 0.1) is 50.4 Å². The second-order valence-electron chi connectivity index (χ2n) is 8.60. The van der Waals surface area contributed by atoms with E-state index in [0.717, 1.165) is 0 Å². The lowest BCUT2D eigenvalue weighted by Gasteiger charge is -2.10. The van der Waals surface area contributed by atoms with Gasteiger partial charge < -0.3 is 19.5 Å². The van der Waals surface area contributed by atoms with Crippen molar-refractivity contribution in [2.75, 3.05) is 13.2 Å². The van der Waals surface area contributed by atoms with Crippen LogP contribution in [0, 0.1) is 13.8 Å². The highest BCUT2D eigenvalue weighted by Crippen LogP contribution is 2.34. The number of halogens is 7. The Morgan fingerprint density at radius 3 is 1.70 bits per heavy atom. The third-order valence-corrected chi connectivity index (χ3v) is 8.33. The highest BCUT2D eigenvalue weighted by Gasteiger charge is 2.21. The number of aromatic nitrogens is 4. The molecule has 2 N–H and O–H groups in total. The Kier molecular flexibility index (Phi) is 18.5. The number of hydrogen-bond acceptors (Lipinski definition) is 10. The molecule has 0 amide bonds. The van der Waals surface area contributed by atoms with Gasteiger partial charge in [0.1, 0.15) is 4.60 Å². The van der Waals surface area contributed by atoms with E-state index in [1.165, 1.54) is 6.07 Å². The minimum absolute atomic E-state index is 0. The Labute approximate surface area is 311 Å². The van der Waals surface area contributed by atoms with Crippen molar-refractivity contribution in [1.82, 2.24) is 19.9 Å². The SMILES string of the molecule is C.CCOC(=O)c1nc(-c2cccc(Cl)c2Cl)c(C)nc1Cl.CCOC(=O)c1nc(Br)c(C)nc1Cl.OB(O)c1cccc(Cl)c1Cl. The van der Waals surface area contributed by atoms with E-state index in [-0.39, 0.29) is 52.8 Å². The molecule has 0 radical (unpaired) electrons. The van der Waals surface area contributed by atoms with Crippen LogP contribution in [0.2, 0.25) is 30.4 Å². The zero-order chi connectivity index (χ0) is 34.7. The number of hydrogen-bond donors (Lipinski definition) is 2. The minimum Gasteiger partial charge on any atom is -0.461 e. The topological polar surface area (TPSA) is 145 Å². The molecule has 0 saturated carbocycles. The zero-order valence-corrected chi connectivity index (χ0v) is 30.5. The van der Waals surface area contributed by atoms with Crippen molar-refractivity contribution in [1.29, 1.82) is 0 Å².